The normalized spacial score (nSPS) is 11.0. The summed E-state index contributed by atoms with van der Waals surface area (Å²) in [4.78, 5) is 11.5. The molecule has 0 fully saturated rings. The second-order valence-corrected chi connectivity index (χ2v) is 3.71. The first-order chi connectivity index (χ1) is 7.08. The molecular formula is C9H11Cl2NO3. The molecule has 0 unspecified atom stereocenters. The van der Waals surface area contributed by atoms with E-state index >= 15 is 0 Å². The van der Waals surface area contributed by atoms with Crippen LogP contribution in [0.1, 0.15) is 0 Å². The quantitative estimate of drug-likeness (QED) is 0.767. The Bertz CT molecular complexity index is 387. The largest absolute Gasteiger partial charge is 0.354 e. The second-order valence-electron chi connectivity index (χ2n) is 2.86. The van der Waals surface area contributed by atoms with Crippen LogP contribution in [0.3, 0.4) is 0 Å². The number of methoxy groups -OCH3 is 2. The van der Waals surface area contributed by atoms with Gasteiger partial charge in [0.05, 0.1) is 11.6 Å². The Morgan fingerprint density at radius 3 is 2.53 bits per heavy atom. The van der Waals surface area contributed by atoms with Crippen LogP contribution in [0, 0.1) is 0 Å². The number of aromatic nitrogens is 1. The minimum absolute atomic E-state index is 0.0773. The molecule has 0 amide bonds. The zero-order valence-corrected chi connectivity index (χ0v) is 9.88. The standard InChI is InChI=1S/C9H11Cl2NO3/c1-14-8(15-2)5-12-4-6(10)3-7(11)9(12)13/h3-4,8H,5H2,1-2H3. The van der Waals surface area contributed by atoms with Gasteiger partial charge >= 0.3 is 0 Å². The second kappa shape index (κ2) is 5.51. The Balaban J connectivity index is 2.99. The van der Waals surface area contributed by atoms with Crippen molar-refractivity contribution in [2.24, 2.45) is 0 Å². The molecule has 4 nitrogen and oxygen atoms in total. The smallest absolute Gasteiger partial charge is 0.269 e. The monoisotopic (exact) mass is 251 g/mol. The Kier molecular flexibility index (Phi) is 4.60. The van der Waals surface area contributed by atoms with Crippen molar-refractivity contribution in [2.45, 2.75) is 12.8 Å². The van der Waals surface area contributed by atoms with E-state index in [1.807, 2.05) is 0 Å². The minimum atomic E-state index is -0.503. The summed E-state index contributed by atoms with van der Waals surface area (Å²) in [5.74, 6) is 0. The molecule has 6 heteroatoms. The van der Waals surface area contributed by atoms with Crippen molar-refractivity contribution in [2.75, 3.05) is 14.2 Å². The van der Waals surface area contributed by atoms with Gasteiger partial charge in [0.25, 0.3) is 5.56 Å². The molecule has 1 heterocycles. The molecule has 0 saturated heterocycles. The maximum Gasteiger partial charge on any atom is 0.269 e. The van der Waals surface area contributed by atoms with Crippen LogP contribution in [0.5, 0.6) is 0 Å². The van der Waals surface area contributed by atoms with Crippen LogP contribution in [-0.2, 0) is 16.0 Å². The van der Waals surface area contributed by atoms with E-state index in [1.54, 1.807) is 0 Å². The zero-order valence-electron chi connectivity index (χ0n) is 8.37. The van der Waals surface area contributed by atoms with Gasteiger partial charge in [0.2, 0.25) is 0 Å². The van der Waals surface area contributed by atoms with E-state index in [0.717, 1.165) is 0 Å². The molecule has 0 aliphatic rings. The van der Waals surface area contributed by atoms with Gasteiger partial charge in [-0.1, -0.05) is 23.2 Å². The molecule has 0 atom stereocenters. The summed E-state index contributed by atoms with van der Waals surface area (Å²) in [5, 5.41) is 0.471. The third-order valence-corrected chi connectivity index (χ3v) is 2.36. The summed E-state index contributed by atoms with van der Waals surface area (Å²) < 4.78 is 11.3. The molecule has 1 aromatic rings. The average Bonchev–Trinajstić information content (AvgIpc) is 2.21. The van der Waals surface area contributed by atoms with Crippen molar-refractivity contribution < 1.29 is 9.47 Å². The molecule has 1 rings (SSSR count). The first kappa shape index (κ1) is 12.5. The van der Waals surface area contributed by atoms with E-state index in [-0.39, 0.29) is 17.1 Å². The van der Waals surface area contributed by atoms with Crippen molar-refractivity contribution in [3.05, 3.63) is 32.7 Å². The van der Waals surface area contributed by atoms with Gasteiger partial charge < -0.3 is 14.0 Å². The first-order valence-electron chi connectivity index (χ1n) is 4.19. The Morgan fingerprint density at radius 2 is 2.00 bits per heavy atom. The van der Waals surface area contributed by atoms with Crippen molar-refractivity contribution in [3.63, 3.8) is 0 Å². The van der Waals surface area contributed by atoms with Crippen LogP contribution in [-0.4, -0.2) is 25.1 Å². The first-order valence-corrected chi connectivity index (χ1v) is 4.95. The summed E-state index contributed by atoms with van der Waals surface area (Å²) in [6, 6.07) is 1.40. The van der Waals surface area contributed by atoms with E-state index < -0.39 is 6.29 Å². The molecule has 84 valence electrons. The highest BCUT2D eigenvalue weighted by molar-refractivity contribution is 6.34. The van der Waals surface area contributed by atoms with E-state index in [9.17, 15) is 4.79 Å². The lowest BCUT2D eigenvalue weighted by Crippen LogP contribution is -2.28. The van der Waals surface area contributed by atoms with Gasteiger partial charge in [-0.05, 0) is 6.07 Å². The molecular weight excluding hydrogens is 241 g/mol. The van der Waals surface area contributed by atoms with Crippen LogP contribution >= 0.6 is 23.2 Å². The van der Waals surface area contributed by atoms with Gasteiger partial charge in [-0.2, -0.15) is 0 Å². The van der Waals surface area contributed by atoms with Crippen LogP contribution in [0.15, 0.2) is 17.1 Å². The summed E-state index contributed by atoms with van der Waals surface area (Å²) in [6.07, 6.45) is 0.984. The number of ether oxygens (including phenoxy) is 2. The Morgan fingerprint density at radius 1 is 1.40 bits per heavy atom. The molecule has 0 radical (unpaired) electrons. The lowest BCUT2D eigenvalue weighted by molar-refractivity contribution is -0.111. The van der Waals surface area contributed by atoms with Gasteiger partial charge in [-0.3, -0.25) is 4.79 Å². The van der Waals surface area contributed by atoms with Crippen molar-refractivity contribution in [1.29, 1.82) is 0 Å². The highest BCUT2D eigenvalue weighted by Gasteiger charge is 2.10. The summed E-state index contributed by atoms with van der Waals surface area (Å²) in [6.45, 7) is 0.242. The van der Waals surface area contributed by atoms with Crippen LogP contribution in [0.4, 0.5) is 0 Å². The van der Waals surface area contributed by atoms with E-state index in [0.29, 0.717) is 5.02 Å². The predicted octanol–water partition coefficient (Wildman–Crippen LogP) is 1.77. The molecule has 15 heavy (non-hydrogen) atoms. The van der Waals surface area contributed by atoms with Gasteiger partial charge in [-0.25, -0.2) is 0 Å². The molecule has 0 bridgehead atoms. The van der Waals surface area contributed by atoms with Crippen LogP contribution in [0.2, 0.25) is 10.0 Å². The van der Waals surface area contributed by atoms with E-state index in [1.165, 1.54) is 31.0 Å². The summed E-state index contributed by atoms with van der Waals surface area (Å²) >= 11 is 11.5. The number of hydrogen-bond donors (Lipinski definition) is 0. The van der Waals surface area contributed by atoms with Gasteiger partial charge in [0.1, 0.15) is 5.02 Å². The van der Waals surface area contributed by atoms with Crippen LogP contribution < -0.4 is 5.56 Å². The number of pyridine rings is 1. The number of nitrogens with zero attached hydrogens (tertiary/aromatic N) is 1. The summed E-state index contributed by atoms with van der Waals surface area (Å²) in [5.41, 5.74) is -0.319. The van der Waals surface area contributed by atoms with Gasteiger partial charge in [0.15, 0.2) is 6.29 Å². The molecule has 0 aromatic carbocycles. The van der Waals surface area contributed by atoms with Crippen LogP contribution in [0.25, 0.3) is 0 Å². The lowest BCUT2D eigenvalue weighted by atomic mass is 10.4. The number of rotatable bonds is 4. The molecule has 0 aliphatic carbocycles. The SMILES string of the molecule is COC(Cn1cc(Cl)cc(Cl)c1=O)OC. The highest BCUT2D eigenvalue weighted by Crippen LogP contribution is 2.11. The number of hydrogen-bond acceptors (Lipinski definition) is 3. The Hall–Kier alpha value is -0.550. The fourth-order valence-electron chi connectivity index (χ4n) is 1.11. The lowest BCUT2D eigenvalue weighted by Gasteiger charge is -2.15. The van der Waals surface area contributed by atoms with E-state index in [4.69, 9.17) is 32.7 Å². The fraction of sp³-hybridized carbons (Fsp3) is 0.444. The minimum Gasteiger partial charge on any atom is -0.354 e. The summed E-state index contributed by atoms with van der Waals surface area (Å²) in [7, 11) is 2.98. The maximum atomic E-state index is 11.5. The molecule has 1 aromatic heterocycles. The topological polar surface area (TPSA) is 40.5 Å². The van der Waals surface area contributed by atoms with Crippen molar-refractivity contribution >= 4 is 23.2 Å². The number of halogens is 2. The van der Waals surface area contributed by atoms with Gasteiger partial charge in [0, 0.05) is 20.4 Å². The molecule has 0 spiro atoms. The third-order valence-electron chi connectivity index (χ3n) is 1.88. The average molecular weight is 252 g/mol. The molecule has 0 saturated carbocycles. The highest BCUT2D eigenvalue weighted by atomic mass is 35.5. The molecule has 0 aliphatic heterocycles. The van der Waals surface area contributed by atoms with Crippen molar-refractivity contribution in [1.82, 2.24) is 4.57 Å². The predicted molar refractivity (Wildman–Crippen MR) is 58.5 cm³/mol. The van der Waals surface area contributed by atoms with Crippen molar-refractivity contribution in [3.8, 4) is 0 Å². The third kappa shape index (κ3) is 3.21. The van der Waals surface area contributed by atoms with Gasteiger partial charge in [-0.15, -0.1) is 0 Å². The fourth-order valence-corrected chi connectivity index (χ4v) is 1.62. The Labute approximate surface area is 97.3 Å². The molecule has 0 N–H and O–H groups in total. The van der Waals surface area contributed by atoms with E-state index in [2.05, 4.69) is 0 Å². The maximum absolute atomic E-state index is 11.5. The zero-order chi connectivity index (χ0) is 11.4.